The third-order valence-electron chi connectivity index (χ3n) is 5.22. The van der Waals surface area contributed by atoms with Gasteiger partial charge in [-0.3, -0.25) is 14.0 Å². The fourth-order valence-electron chi connectivity index (χ4n) is 3.61. The van der Waals surface area contributed by atoms with E-state index < -0.39 is 10.0 Å². The normalized spacial score (nSPS) is 14.6. The second-order valence-electron chi connectivity index (χ2n) is 7.50. The zero-order valence-electron chi connectivity index (χ0n) is 17.5. The van der Waals surface area contributed by atoms with Gasteiger partial charge in [-0.1, -0.05) is 30.3 Å². The number of carbonyl (C=O) groups excluding carboxylic acids is 1. The van der Waals surface area contributed by atoms with Crippen molar-refractivity contribution in [2.45, 2.75) is 30.8 Å². The molecule has 162 valence electrons. The molecule has 1 amide bonds. The van der Waals surface area contributed by atoms with E-state index in [0.717, 1.165) is 40.7 Å². The summed E-state index contributed by atoms with van der Waals surface area (Å²) in [5, 5.41) is 2.90. The molecule has 0 atom stereocenters. The topological polar surface area (TPSA) is 69.7 Å². The lowest BCUT2D eigenvalue weighted by Gasteiger charge is -2.22. The van der Waals surface area contributed by atoms with E-state index in [1.807, 2.05) is 30.5 Å². The minimum atomic E-state index is -3.59. The first-order chi connectivity index (χ1) is 14.4. The maximum atomic E-state index is 12.6. The number of hydrogen-bond acceptors (Lipinski definition) is 5. The molecule has 3 rings (SSSR count). The number of hydrogen-bond donors (Lipinski definition) is 1. The molecular formula is C22H29N3O3S2. The van der Waals surface area contributed by atoms with Gasteiger partial charge in [0.1, 0.15) is 6.54 Å². The number of likely N-dealkylation sites (tertiary alicyclic amines) is 1. The molecule has 1 saturated heterocycles. The maximum Gasteiger partial charge on any atom is 0.241 e. The summed E-state index contributed by atoms with van der Waals surface area (Å²) in [6, 6.07) is 15.3. The molecule has 1 heterocycles. The molecule has 0 aromatic heterocycles. The number of benzene rings is 2. The molecule has 1 aliphatic heterocycles. The molecule has 2 aromatic rings. The SMILES string of the molecule is CSc1cccc(N(CC(=O)NCc2ccccc2CN2CCCC2)S(C)(=O)=O)c1. The van der Waals surface area contributed by atoms with E-state index >= 15 is 0 Å². The molecule has 1 N–H and O–H groups in total. The highest BCUT2D eigenvalue weighted by molar-refractivity contribution is 7.98. The molecule has 8 heteroatoms. The standard InChI is InChI=1S/C22H29N3O3S2/c1-29-21-11-7-10-20(14-21)25(30(2,27)28)17-22(26)23-15-18-8-3-4-9-19(18)16-24-12-5-6-13-24/h3-4,7-11,14H,5-6,12-13,15-17H2,1-2H3,(H,23,26). The highest BCUT2D eigenvalue weighted by Gasteiger charge is 2.21. The van der Waals surface area contributed by atoms with Crippen LogP contribution in [-0.2, 0) is 27.9 Å². The summed E-state index contributed by atoms with van der Waals surface area (Å²) >= 11 is 1.53. The minimum Gasteiger partial charge on any atom is -0.350 e. The van der Waals surface area contributed by atoms with Gasteiger partial charge in [0, 0.05) is 18.0 Å². The summed E-state index contributed by atoms with van der Waals surface area (Å²) in [4.78, 5) is 16.0. The van der Waals surface area contributed by atoms with Crippen molar-refractivity contribution in [2.75, 3.05) is 36.5 Å². The molecule has 0 radical (unpaired) electrons. The number of nitrogens with one attached hydrogen (secondary N) is 1. The van der Waals surface area contributed by atoms with E-state index in [-0.39, 0.29) is 12.5 Å². The zero-order valence-corrected chi connectivity index (χ0v) is 19.1. The third-order valence-corrected chi connectivity index (χ3v) is 7.08. The second-order valence-corrected chi connectivity index (χ2v) is 10.3. The van der Waals surface area contributed by atoms with Crippen LogP contribution in [0.25, 0.3) is 0 Å². The average Bonchev–Trinajstić information content (AvgIpc) is 3.23. The van der Waals surface area contributed by atoms with Crippen LogP contribution in [0.3, 0.4) is 0 Å². The molecule has 2 aromatic carbocycles. The summed E-state index contributed by atoms with van der Waals surface area (Å²) in [6.07, 6.45) is 5.52. The summed E-state index contributed by atoms with van der Waals surface area (Å²) in [5.41, 5.74) is 2.76. The molecule has 0 bridgehead atoms. The Morgan fingerprint density at radius 3 is 2.47 bits per heavy atom. The van der Waals surface area contributed by atoms with Gasteiger partial charge in [0.25, 0.3) is 0 Å². The predicted molar refractivity (Wildman–Crippen MR) is 123 cm³/mol. The van der Waals surface area contributed by atoms with Crippen LogP contribution in [0, 0.1) is 0 Å². The van der Waals surface area contributed by atoms with Crippen molar-refractivity contribution in [1.29, 1.82) is 0 Å². The molecule has 0 aliphatic carbocycles. The lowest BCUT2D eigenvalue weighted by atomic mass is 10.1. The Balaban J connectivity index is 1.66. The van der Waals surface area contributed by atoms with E-state index in [1.54, 1.807) is 18.2 Å². The summed E-state index contributed by atoms with van der Waals surface area (Å²) < 4.78 is 25.8. The van der Waals surface area contributed by atoms with Crippen molar-refractivity contribution in [3.63, 3.8) is 0 Å². The Morgan fingerprint density at radius 2 is 1.80 bits per heavy atom. The summed E-state index contributed by atoms with van der Waals surface area (Å²) in [7, 11) is -3.59. The Morgan fingerprint density at radius 1 is 1.10 bits per heavy atom. The van der Waals surface area contributed by atoms with Crippen molar-refractivity contribution < 1.29 is 13.2 Å². The number of rotatable bonds is 9. The van der Waals surface area contributed by atoms with Crippen molar-refractivity contribution in [1.82, 2.24) is 10.2 Å². The average molecular weight is 448 g/mol. The highest BCUT2D eigenvalue weighted by Crippen LogP contribution is 2.24. The zero-order chi connectivity index (χ0) is 21.6. The lowest BCUT2D eigenvalue weighted by Crippen LogP contribution is -2.40. The number of amides is 1. The van der Waals surface area contributed by atoms with Crippen LogP contribution in [0.1, 0.15) is 24.0 Å². The van der Waals surface area contributed by atoms with Gasteiger partial charge in [0.2, 0.25) is 15.9 Å². The van der Waals surface area contributed by atoms with E-state index in [1.165, 1.54) is 30.2 Å². The van der Waals surface area contributed by atoms with Crippen molar-refractivity contribution >= 4 is 33.4 Å². The fraction of sp³-hybridized carbons (Fsp3) is 0.409. The van der Waals surface area contributed by atoms with Gasteiger partial charge in [-0.2, -0.15) is 0 Å². The van der Waals surface area contributed by atoms with Crippen molar-refractivity contribution in [3.05, 3.63) is 59.7 Å². The fourth-order valence-corrected chi connectivity index (χ4v) is 4.91. The maximum absolute atomic E-state index is 12.6. The molecule has 1 fully saturated rings. The number of anilines is 1. The molecule has 1 aliphatic rings. The van der Waals surface area contributed by atoms with Gasteiger partial charge >= 0.3 is 0 Å². The molecule has 0 unspecified atom stereocenters. The first-order valence-electron chi connectivity index (χ1n) is 10.0. The molecule has 0 spiro atoms. The van der Waals surface area contributed by atoms with Gasteiger partial charge in [0.05, 0.1) is 11.9 Å². The van der Waals surface area contributed by atoms with Gasteiger partial charge < -0.3 is 5.32 Å². The predicted octanol–water partition coefficient (Wildman–Crippen LogP) is 3.09. The van der Waals surface area contributed by atoms with Gasteiger partial charge in [-0.05, 0) is 61.5 Å². The summed E-state index contributed by atoms with van der Waals surface area (Å²) in [6.45, 7) is 3.23. The van der Waals surface area contributed by atoms with E-state index in [2.05, 4.69) is 16.3 Å². The smallest absolute Gasteiger partial charge is 0.241 e. The van der Waals surface area contributed by atoms with E-state index in [4.69, 9.17) is 0 Å². The van der Waals surface area contributed by atoms with E-state index in [0.29, 0.717) is 12.2 Å². The first kappa shape index (κ1) is 22.7. The summed E-state index contributed by atoms with van der Waals surface area (Å²) in [5.74, 6) is -0.328. The second kappa shape index (κ2) is 10.3. The van der Waals surface area contributed by atoms with Crippen molar-refractivity contribution in [3.8, 4) is 0 Å². The van der Waals surface area contributed by atoms with Crippen molar-refractivity contribution in [2.24, 2.45) is 0 Å². The van der Waals surface area contributed by atoms with Crippen LogP contribution in [-0.4, -0.2) is 51.4 Å². The number of thioether (sulfide) groups is 1. The number of sulfonamides is 1. The molecule has 30 heavy (non-hydrogen) atoms. The van der Waals surface area contributed by atoms with E-state index in [9.17, 15) is 13.2 Å². The van der Waals surface area contributed by atoms with Crippen LogP contribution < -0.4 is 9.62 Å². The lowest BCUT2D eigenvalue weighted by molar-refractivity contribution is -0.119. The number of nitrogens with zero attached hydrogens (tertiary/aromatic N) is 2. The third kappa shape index (κ3) is 6.23. The quantitative estimate of drug-likeness (QED) is 0.598. The Hall–Kier alpha value is -2.03. The number of carbonyl (C=O) groups is 1. The van der Waals surface area contributed by atoms with Crippen LogP contribution in [0.4, 0.5) is 5.69 Å². The Bertz CT molecular complexity index is 973. The van der Waals surface area contributed by atoms with Crippen LogP contribution >= 0.6 is 11.8 Å². The van der Waals surface area contributed by atoms with Gasteiger partial charge in [-0.15, -0.1) is 11.8 Å². The molecular weight excluding hydrogens is 418 g/mol. The monoisotopic (exact) mass is 447 g/mol. The highest BCUT2D eigenvalue weighted by atomic mass is 32.2. The largest absolute Gasteiger partial charge is 0.350 e. The molecule has 0 saturated carbocycles. The molecule has 6 nitrogen and oxygen atoms in total. The van der Waals surface area contributed by atoms with Crippen LogP contribution in [0.15, 0.2) is 53.4 Å². The van der Waals surface area contributed by atoms with Gasteiger partial charge in [0.15, 0.2) is 0 Å². The van der Waals surface area contributed by atoms with Crippen LogP contribution in [0.5, 0.6) is 0 Å². The van der Waals surface area contributed by atoms with Gasteiger partial charge in [-0.25, -0.2) is 8.42 Å². The minimum absolute atomic E-state index is 0.245. The first-order valence-corrected chi connectivity index (χ1v) is 13.1. The van der Waals surface area contributed by atoms with Crippen LogP contribution in [0.2, 0.25) is 0 Å². The Labute approximate surface area is 183 Å². The Kier molecular flexibility index (Phi) is 7.80.